The van der Waals surface area contributed by atoms with Gasteiger partial charge in [0.25, 0.3) is 0 Å². The van der Waals surface area contributed by atoms with Crippen LogP contribution >= 0.6 is 0 Å². The highest BCUT2D eigenvalue weighted by molar-refractivity contribution is 5.79. The molecule has 1 unspecified atom stereocenters. The molecule has 1 saturated heterocycles. The minimum absolute atomic E-state index is 0.0156. The van der Waals surface area contributed by atoms with Crippen molar-refractivity contribution in [3.8, 4) is 11.5 Å². The number of likely N-dealkylation sites (tertiary alicyclic amines) is 1. The zero-order chi connectivity index (χ0) is 21.5. The van der Waals surface area contributed by atoms with Crippen molar-refractivity contribution in [1.29, 1.82) is 0 Å². The Hall–Kier alpha value is -2.61. The van der Waals surface area contributed by atoms with Crippen LogP contribution in [0, 0.1) is 11.7 Å². The first kappa shape index (κ1) is 20.7. The van der Waals surface area contributed by atoms with Gasteiger partial charge in [-0.05, 0) is 61.8 Å². The van der Waals surface area contributed by atoms with Crippen molar-refractivity contribution in [2.45, 2.75) is 25.6 Å². The molecule has 4 rings (SSSR count). The average Bonchev–Trinajstić information content (AvgIpc) is 3.12. The summed E-state index contributed by atoms with van der Waals surface area (Å²) in [6.45, 7) is 2.82. The summed E-state index contributed by atoms with van der Waals surface area (Å²) in [5, 5.41) is 0. The van der Waals surface area contributed by atoms with Crippen LogP contribution in [0.25, 0.3) is 0 Å². The third kappa shape index (κ3) is 4.28. The largest absolute Gasteiger partial charge is 0.457 e. The summed E-state index contributed by atoms with van der Waals surface area (Å²) in [5.41, 5.74) is 0.714. The lowest BCUT2D eigenvalue weighted by atomic mass is 9.97. The maximum absolute atomic E-state index is 13.8. The zero-order valence-corrected chi connectivity index (χ0v) is 16.5. The highest BCUT2D eigenvalue weighted by Crippen LogP contribution is 2.34. The molecule has 2 aliphatic heterocycles. The van der Waals surface area contributed by atoms with E-state index in [1.54, 1.807) is 12.1 Å². The minimum atomic E-state index is -4.75. The normalized spacial score (nSPS) is 19.6. The van der Waals surface area contributed by atoms with Crippen molar-refractivity contribution >= 4 is 5.91 Å². The highest BCUT2D eigenvalue weighted by atomic mass is 19.4. The molecule has 4 nitrogen and oxygen atoms in total. The van der Waals surface area contributed by atoms with Crippen LogP contribution < -0.4 is 4.74 Å². The first-order valence-electron chi connectivity index (χ1n) is 9.84. The molecule has 160 valence electrons. The summed E-state index contributed by atoms with van der Waals surface area (Å²) >= 11 is 0. The Morgan fingerprint density at radius 1 is 1.07 bits per heavy atom. The molecule has 30 heavy (non-hydrogen) atoms. The van der Waals surface area contributed by atoms with Crippen LogP contribution in [-0.2, 0) is 23.9 Å². The van der Waals surface area contributed by atoms with E-state index < -0.39 is 17.6 Å². The van der Waals surface area contributed by atoms with Gasteiger partial charge in [-0.15, -0.1) is 0 Å². The SMILES string of the molecule is CN1CCC(C(=O)N2CCc3ccc(Oc4ccc(C(F)(F)F)c(F)c4)cc3C2)C1. The van der Waals surface area contributed by atoms with Gasteiger partial charge in [-0.2, -0.15) is 13.2 Å². The van der Waals surface area contributed by atoms with E-state index >= 15 is 0 Å². The van der Waals surface area contributed by atoms with E-state index in [0.717, 1.165) is 49.2 Å². The molecule has 2 aromatic rings. The van der Waals surface area contributed by atoms with Gasteiger partial charge in [-0.3, -0.25) is 4.79 Å². The summed E-state index contributed by atoms with van der Waals surface area (Å²) in [5.74, 6) is -0.829. The lowest BCUT2D eigenvalue weighted by Gasteiger charge is -2.31. The molecule has 1 fully saturated rings. The van der Waals surface area contributed by atoms with E-state index in [0.29, 0.717) is 24.9 Å². The third-order valence-electron chi connectivity index (χ3n) is 5.72. The maximum atomic E-state index is 13.8. The molecule has 1 atom stereocenters. The van der Waals surface area contributed by atoms with Crippen LogP contribution in [0.3, 0.4) is 0 Å². The Kier molecular flexibility index (Phi) is 5.44. The van der Waals surface area contributed by atoms with E-state index in [1.807, 2.05) is 18.0 Å². The number of amides is 1. The van der Waals surface area contributed by atoms with Gasteiger partial charge in [0.05, 0.1) is 11.5 Å². The lowest BCUT2D eigenvalue weighted by Crippen LogP contribution is -2.40. The second-order valence-electron chi connectivity index (χ2n) is 7.93. The molecule has 0 radical (unpaired) electrons. The van der Waals surface area contributed by atoms with Gasteiger partial charge in [-0.1, -0.05) is 6.07 Å². The van der Waals surface area contributed by atoms with Gasteiger partial charge in [-0.25, -0.2) is 4.39 Å². The maximum Gasteiger partial charge on any atom is 0.419 e. The van der Waals surface area contributed by atoms with Crippen LogP contribution in [0.1, 0.15) is 23.1 Å². The van der Waals surface area contributed by atoms with Crippen molar-refractivity contribution in [3.05, 3.63) is 58.9 Å². The number of carbonyl (C=O) groups is 1. The molecule has 2 aliphatic rings. The number of halogens is 4. The number of carbonyl (C=O) groups excluding carboxylic acids is 1. The van der Waals surface area contributed by atoms with E-state index in [1.165, 1.54) is 0 Å². The molecular weight excluding hydrogens is 400 g/mol. The molecular formula is C22H22F4N2O2. The van der Waals surface area contributed by atoms with Crippen molar-refractivity contribution in [2.75, 3.05) is 26.7 Å². The molecule has 0 bridgehead atoms. The highest BCUT2D eigenvalue weighted by Gasteiger charge is 2.34. The molecule has 8 heteroatoms. The van der Waals surface area contributed by atoms with Crippen LogP contribution in [-0.4, -0.2) is 42.4 Å². The van der Waals surface area contributed by atoms with E-state index in [9.17, 15) is 22.4 Å². The molecule has 0 aromatic heterocycles. The minimum Gasteiger partial charge on any atom is -0.457 e. The number of hydrogen-bond donors (Lipinski definition) is 0. The fourth-order valence-corrected chi connectivity index (χ4v) is 4.11. The Bertz CT molecular complexity index is 961. The first-order valence-corrected chi connectivity index (χ1v) is 9.84. The summed E-state index contributed by atoms with van der Waals surface area (Å²) in [4.78, 5) is 16.8. The van der Waals surface area contributed by atoms with Crippen LogP contribution in [0.2, 0.25) is 0 Å². The van der Waals surface area contributed by atoms with Crippen LogP contribution in [0.4, 0.5) is 17.6 Å². The summed E-state index contributed by atoms with van der Waals surface area (Å²) in [6, 6.07) is 7.85. The van der Waals surface area contributed by atoms with Crippen molar-refractivity contribution in [2.24, 2.45) is 5.92 Å². The third-order valence-corrected chi connectivity index (χ3v) is 5.72. The monoisotopic (exact) mass is 422 g/mol. The number of hydrogen-bond acceptors (Lipinski definition) is 3. The molecule has 2 aromatic carbocycles. The van der Waals surface area contributed by atoms with Crippen LogP contribution in [0.15, 0.2) is 36.4 Å². The second-order valence-corrected chi connectivity index (χ2v) is 7.93. The second kappa shape index (κ2) is 7.91. The smallest absolute Gasteiger partial charge is 0.419 e. The van der Waals surface area contributed by atoms with Crippen LogP contribution in [0.5, 0.6) is 11.5 Å². The molecule has 0 N–H and O–H groups in total. The first-order chi connectivity index (χ1) is 14.2. The summed E-state index contributed by atoms with van der Waals surface area (Å²) in [6.07, 6.45) is -3.15. The van der Waals surface area contributed by atoms with Gasteiger partial charge < -0.3 is 14.5 Å². The Balaban J connectivity index is 1.48. The standard InChI is InChI=1S/C22H22F4N2O2/c1-27-8-6-15(12-27)21(29)28-9-7-14-2-3-17(10-16(14)13-28)30-18-4-5-19(20(23)11-18)22(24,25)26/h2-5,10-11,15H,6-9,12-13H2,1H3. The van der Waals surface area contributed by atoms with Crippen molar-refractivity contribution in [1.82, 2.24) is 9.80 Å². The van der Waals surface area contributed by atoms with Gasteiger partial charge in [0.2, 0.25) is 5.91 Å². The molecule has 0 aliphatic carbocycles. The van der Waals surface area contributed by atoms with Gasteiger partial charge in [0, 0.05) is 25.7 Å². The summed E-state index contributed by atoms with van der Waals surface area (Å²) in [7, 11) is 2.01. The molecule has 1 amide bonds. The Morgan fingerprint density at radius 3 is 2.47 bits per heavy atom. The van der Waals surface area contributed by atoms with Gasteiger partial charge >= 0.3 is 6.18 Å². The van der Waals surface area contributed by atoms with E-state index in [2.05, 4.69) is 4.90 Å². The summed E-state index contributed by atoms with van der Waals surface area (Å²) < 4.78 is 57.5. The van der Waals surface area contributed by atoms with E-state index in [-0.39, 0.29) is 17.6 Å². The fourth-order valence-electron chi connectivity index (χ4n) is 4.11. The topological polar surface area (TPSA) is 32.8 Å². The Labute approximate surface area is 172 Å². The lowest BCUT2D eigenvalue weighted by molar-refractivity contribution is -0.140. The average molecular weight is 422 g/mol. The predicted octanol–water partition coefficient (Wildman–Crippen LogP) is 4.47. The van der Waals surface area contributed by atoms with Crippen molar-refractivity contribution < 1.29 is 27.1 Å². The zero-order valence-electron chi connectivity index (χ0n) is 16.5. The number of benzene rings is 2. The predicted molar refractivity (Wildman–Crippen MR) is 103 cm³/mol. The van der Waals surface area contributed by atoms with E-state index in [4.69, 9.17) is 4.74 Å². The molecule has 2 heterocycles. The van der Waals surface area contributed by atoms with Crippen molar-refractivity contribution in [3.63, 3.8) is 0 Å². The number of fused-ring (bicyclic) bond motifs is 1. The Morgan fingerprint density at radius 2 is 1.80 bits per heavy atom. The number of ether oxygens (including phenoxy) is 1. The quantitative estimate of drug-likeness (QED) is 0.685. The van der Waals surface area contributed by atoms with Gasteiger partial charge in [0.15, 0.2) is 0 Å². The fraction of sp³-hybridized carbons (Fsp3) is 0.409. The van der Waals surface area contributed by atoms with Gasteiger partial charge in [0.1, 0.15) is 17.3 Å². The number of rotatable bonds is 3. The number of nitrogens with zero attached hydrogens (tertiary/aromatic N) is 2. The number of alkyl halides is 3. The molecule has 0 saturated carbocycles. The molecule has 0 spiro atoms.